The van der Waals surface area contributed by atoms with Gasteiger partial charge in [-0.2, -0.15) is 0 Å². The number of rotatable bonds is 1. The fourth-order valence-corrected chi connectivity index (χ4v) is 7.28. The van der Waals surface area contributed by atoms with E-state index >= 15 is 0 Å². The van der Waals surface area contributed by atoms with Gasteiger partial charge in [0.25, 0.3) is 0 Å². The molecule has 2 aliphatic rings. The van der Waals surface area contributed by atoms with E-state index in [0.29, 0.717) is 0 Å². The van der Waals surface area contributed by atoms with E-state index in [1.165, 1.54) is 38.5 Å². The Labute approximate surface area is 249 Å². The number of hydrogen-bond acceptors (Lipinski definition) is 3. The van der Waals surface area contributed by atoms with E-state index in [0.717, 1.165) is 34.0 Å². The fraction of sp³-hybridized carbons (Fsp3) is 0.105. The quantitative estimate of drug-likeness (QED) is 0.217. The standard InChI is InChI=1S/C38H29N5/c1-38(2)29-20-10-6-18-27(29)33-28-19-9-13-23-32(28)43(34(33)38)37-40-35(24-14-4-3-5-15-24)39-36(41-37)42-30-21-11-7-16-25(30)26-17-8-12-22-31(26)42/h3-23,35H,1-2H3,(H,39,40,41). The van der Waals surface area contributed by atoms with Crippen LogP contribution in [0.5, 0.6) is 0 Å². The summed E-state index contributed by atoms with van der Waals surface area (Å²) in [7, 11) is 0. The number of para-hydroxylation sites is 3. The molecule has 0 saturated heterocycles. The maximum atomic E-state index is 5.34. The van der Waals surface area contributed by atoms with E-state index in [-0.39, 0.29) is 5.41 Å². The molecule has 206 valence electrons. The van der Waals surface area contributed by atoms with Crippen molar-refractivity contribution in [2.24, 2.45) is 9.98 Å². The van der Waals surface area contributed by atoms with Crippen LogP contribution in [-0.4, -0.2) is 21.1 Å². The van der Waals surface area contributed by atoms with Crippen LogP contribution in [0.15, 0.2) is 137 Å². The molecule has 9 rings (SSSR count). The second-order valence-corrected chi connectivity index (χ2v) is 11.9. The smallest absolute Gasteiger partial charge is 0.212 e. The maximum Gasteiger partial charge on any atom is 0.212 e. The predicted molar refractivity (Wildman–Crippen MR) is 177 cm³/mol. The van der Waals surface area contributed by atoms with Crippen LogP contribution in [0.1, 0.15) is 36.8 Å². The molecule has 5 aromatic carbocycles. The van der Waals surface area contributed by atoms with Gasteiger partial charge in [0.05, 0.1) is 16.6 Å². The van der Waals surface area contributed by atoms with Crippen LogP contribution in [0.25, 0.3) is 43.8 Å². The Morgan fingerprint density at radius 2 is 1.07 bits per heavy atom. The van der Waals surface area contributed by atoms with Gasteiger partial charge in [0.2, 0.25) is 11.9 Å². The van der Waals surface area contributed by atoms with Crippen molar-refractivity contribution in [3.63, 3.8) is 0 Å². The van der Waals surface area contributed by atoms with Gasteiger partial charge in [0.15, 0.2) is 6.17 Å². The third kappa shape index (κ3) is 3.33. The second kappa shape index (κ2) is 8.79. The van der Waals surface area contributed by atoms with Gasteiger partial charge in [-0.25, -0.2) is 9.98 Å². The molecule has 0 saturated carbocycles. The minimum absolute atomic E-state index is 0.223. The Morgan fingerprint density at radius 1 is 0.558 bits per heavy atom. The van der Waals surface area contributed by atoms with Gasteiger partial charge in [-0.3, -0.25) is 14.5 Å². The van der Waals surface area contributed by atoms with Crippen LogP contribution in [-0.2, 0) is 5.41 Å². The van der Waals surface area contributed by atoms with E-state index in [9.17, 15) is 0 Å². The predicted octanol–water partition coefficient (Wildman–Crippen LogP) is 8.47. The van der Waals surface area contributed by atoms with Crippen molar-refractivity contribution in [2.75, 3.05) is 0 Å². The lowest BCUT2D eigenvalue weighted by Crippen LogP contribution is -2.44. The average molecular weight is 556 g/mol. The van der Waals surface area contributed by atoms with E-state index in [4.69, 9.17) is 9.98 Å². The van der Waals surface area contributed by atoms with Gasteiger partial charge < -0.3 is 0 Å². The average Bonchev–Trinajstić information content (AvgIpc) is 3.66. The van der Waals surface area contributed by atoms with Crippen LogP contribution >= 0.6 is 0 Å². The summed E-state index contributed by atoms with van der Waals surface area (Å²) in [6.45, 7) is 4.65. The molecule has 0 amide bonds. The van der Waals surface area contributed by atoms with Crippen LogP contribution in [0.4, 0.5) is 0 Å². The highest BCUT2D eigenvalue weighted by Gasteiger charge is 2.42. The first-order valence-corrected chi connectivity index (χ1v) is 14.8. The fourth-order valence-electron chi connectivity index (χ4n) is 7.28. The molecular weight excluding hydrogens is 526 g/mol. The minimum Gasteiger partial charge on any atom is -0.295 e. The van der Waals surface area contributed by atoms with E-state index < -0.39 is 6.17 Å². The molecular formula is C38H29N5. The lowest BCUT2D eigenvalue weighted by molar-refractivity contribution is 0.623. The largest absolute Gasteiger partial charge is 0.295 e. The van der Waals surface area contributed by atoms with Crippen LogP contribution in [0.2, 0.25) is 0 Å². The summed E-state index contributed by atoms with van der Waals surface area (Å²) in [5, 5.41) is 7.39. The minimum atomic E-state index is -0.406. The normalized spacial score (nSPS) is 17.0. The summed E-state index contributed by atoms with van der Waals surface area (Å²) in [5.41, 5.74) is 9.36. The number of nitrogens with zero attached hydrogens (tertiary/aromatic N) is 4. The Kier molecular flexibility index (Phi) is 4.95. The van der Waals surface area contributed by atoms with Crippen molar-refractivity contribution in [3.05, 3.63) is 144 Å². The van der Waals surface area contributed by atoms with Gasteiger partial charge in [-0.15, -0.1) is 0 Å². The summed E-state index contributed by atoms with van der Waals surface area (Å²) < 4.78 is 4.60. The third-order valence-electron chi connectivity index (χ3n) is 9.15. The zero-order chi connectivity index (χ0) is 28.7. The molecule has 0 radical (unpaired) electrons. The molecule has 43 heavy (non-hydrogen) atoms. The van der Waals surface area contributed by atoms with Crippen LogP contribution < -0.4 is 5.32 Å². The number of aromatic nitrogens is 2. The Morgan fingerprint density at radius 3 is 1.74 bits per heavy atom. The summed E-state index contributed by atoms with van der Waals surface area (Å²) in [6.07, 6.45) is -0.406. The van der Waals surface area contributed by atoms with Gasteiger partial charge >= 0.3 is 0 Å². The first-order valence-electron chi connectivity index (χ1n) is 14.8. The molecule has 1 aliphatic heterocycles. The number of hydrogen-bond donors (Lipinski definition) is 1. The second-order valence-electron chi connectivity index (χ2n) is 11.9. The zero-order valence-electron chi connectivity index (χ0n) is 24.0. The molecule has 5 heteroatoms. The van der Waals surface area contributed by atoms with E-state index in [1.54, 1.807) is 0 Å². The Balaban J connectivity index is 1.33. The topological polar surface area (TPSA) is 46.6 Å². The molecule has 0 bridgehead atoms. The molecule has 7 aromatic rings. The number of fused-ring (bicyclic) bond motifs is 8. The molecule has 1 N–H and O–H groups in total. The highest BCUT2D eigenvalue weighted by atomic mass is 15.4. The molecule has 1 atom stereocenters. The highest BCUT2D eigenvalue weighted by Crippen LogP contribution is 2.52. The molecule has 1 aliphatic carbocycles. The Bertz CT molecular complexity index is 2240. The SMILES string of the molecule is CC1(C)c2ccccc2-c2c1n(C1=NC(c3ccccc3)N=C(n3c4ccccc4c4ccccc43)N1)c1ccccc21. The van der Waals surface area contributed by atoms with Crippen molar-refractivity contribution in [2.45, 2.75) is 25.4 Å². The third-order valence-corrected chi connectivity index (χ3v) is 9.15. The van der Waals surface area contributed by atoms with Crippen molar-refractivity contribution < 1.29 is 0 Å². The van der Waals surface area contributed by atoms with Crippen LogP contribution in [0, 0.1) is 0 Å². The molecule has 0 fully saturated rings. The van der Waals surface area contributed by atoms with Gasteiger partial charge in [0, 0.05) is 32.8 Å². The molecule has 1 unspecified atom stereocenters. The number of nitrogens with one attached hydrogen (secondary N) is 1. The Hall–Kier alpha value is -5.42. The van der Waals surface area contributed by atoms with Crippen molar-refractivity contribution in [1.82, 2.24) is 14.5 Å². The lowest BCUT2D eigenvalue weighted by Gasteiger charge is -2.28. The summed E-state index contributed by atoms with van der Waals surface area (Å²) in [4.78, 5) is 10.6. The molecule has 0 spiro atoms. The maximum absolute atomic E-state index is 5.34. The zero-order valence-corrected chi connectivity index (χ0v) is 24.0. The van der Waals surface area contributed by atoms with E-state index in [1.807, 2.05) is 6.07 Å². The van der Waals surface area contributed by atoms with Crippen molar-refractivity contribution in [3.8, 4) is 11.1 Å². The lowest BCUT2D eigenvalue weighted by atomic mass is 9.85. The van der Waals surface area contributed by atoms with Crippen molar-refractivity contribution in [1.29, 1.82) is 0 Å². The first-order chi connectivity index (χ1) is 21.1. The van der Waals surface area contributed by atoms with E-state index in [2.05, 4.69) is 150 Å². The summed E-state index contributed by atoms with van der Waals surface area (Å²) in [6, 6.07) is 45.0. The monoisotopic (exact) mass is 555 g/mol. The van der Waals surface area contributed by atoms with Crippen LogP contribution in [0.3, 0.4) is 0 Å². The molecule has 2 aromatic heterocycles. The number of benzene rings is 5. The molecule has 3 heterocycles. The summed E-state index contributed by atoms with van der Waals surface area (Å²) >= 11 is 0. The first kappa shape index (κ1) is 24.2. The van der Waals surface area contributed by atoms with Gasteiger partial charge in [-0.1, -0.05) is 123 Å². The highest BCUT2D eigenvalue weighted by molar-refractivity contribution is 6.18. The summed E-state index contributed by atoms with van der Waals surface area (Å²) in [5.74, 6) is 1.54. The van der Waals surface area contributed by atoms with Gasteiger partial charge in [-0.05, 0) is 34.9 Å². The van der Waals surface area contributed by atoms with Crippen molar-refractivity contribution >= 4 is 44.6 Å². The number of aliphatic imine (C=N–C) groups is 2. The van der Waals surface area contributed by atoms with Gasteiger partial charge in [0.1, 0.15) is 0 Å². The molecule has 5 nitrogen and oxygen atoms in total.